The molecule has 0 spiro atoms. The monoisotopic (exact) mass is 257 g/mol. The standard InChI is InChI=1S/C15H19N3O/c1-18(13-5-7-14(19-2)8-6-13)11-12-4-3-9-17-15(12)10-16/h3-9H,10-11,16H2,1-2H3. The normalized spacial score (nSPS) is 10.3. The molecule has 0 fully saturated rings. The van der Waals surface area contributed by atoms with E-state index in [1.165, 1.54) is 0 Å². The fourth-order valence-corrected chi connectivity index (χ4v) is 1.98. The van der Waals surface area contributed by atoms with Gasteiger partial charge in [-0.3, -0.25) is 4.98 Å². The molecule has 0 aliphatic heterocycles. The molecule has 0 aliphatic rings. The molecule has 4 heteroatoms. The first-order valence-corrected chi connectivity index (χ1v) is 6.22. The Morgan fingerprint density at radius 2 is 1.95 bits per heavy atom. The Hall–Kier alpha value is -2.07. The molecule has 2 aromatic rings. The van der Waals surface area contributed by atoms with E-state index >= 15 is 0 Å². The van der Waals surface area contributed by atoms with Gasteiger partial charge in [-0.25, -0.2) is 0 Å². The number of pyridine rings is 1. The van der Waals surface area contributed by atoms with Gasteiger partial charge in [0.2, 0.25) is 0 Å². The van der Waals surface area contributed by atoms with E-state index < -0.39 is 0 Å². The van der Waals surface area contributed by atoms with Gasteiger partial charge in [-0.1, -0.05) is 6.07 Å². The minimum absolute atomic E-state index is 0.465. The Morgan fingerprint density at radius 1 is 1.21 bits per heavy atom. The first-order chi connectivity index (χ1) is 9.24. The molecule has 0 unspecified atom stereocenters. The molecule has 0 amide bonds. The van der Waals surface area contributed by atoms with Crippen LogP contribution >= 0.6 is 0 Å². The van der Waals surface area contributed by atoms with Crippen LogP contribution in [-0.4, -0.2) is 19.1 Å². The van der Waals surface area contributed by atoms with E-state index in [0.717, 1.165) is 29.2 Å². The lowest BCUT2D eigenvalue weighted by Gasteiger charge is -2.20. The van der Waals surface area contributed by atoms with Crippen molar-refractivity contribution in [1.82, 2.24) is 4.98 Å². The van der Waals surface area contributed by atoms with Gasteiger partial charge in [0.1, 0.15) is 5.75 Å². The average Bonchev–Trinajstić information content (AvgIpc) is 2.48. The highest BCUT2D eigenvalue weighted by Gasteiger charge is 2.06. The van der Waals surface area contributed by atoms with Crippen molar-refractivity contribution in [2.75, 3.05) is 19.1 Å². The van der Waals surface area contributed by atoms with E-state index in [1.54, 1.807) is 13.3 Å². The zero-order chi connectivity index (χ0) is 13.7. The Morgan fingerprint density at radius 3 is 2.58 bits per heavy atom. The predicted octanol–water partition coefficient (Wildman–Crippen LogP) is 2.19. The average molecular weight is 257 g/mol. The second-order valence-electron chi connectivity index (χ2n) is 4.37. The van der Waals surface area contributed by atoms with Crippen molar-refractivity contribution in [2.45, 2.75) is 13.1 Å². The first kappa shape index (κ1) is 13.4. The molecule has 2 rings (SSSR count). The van der Waals surface area contributed by atoms with Gasteiger partial charge in [-0.05, 0) is 35.9 Å². The Balaban J connectivity index is 2.13. The van der Waals surface area contributed by atoms with E-state index in [1.807, 2.05) is 30.3 Å². The van der Waals surface area contributed by atoms with E-state index in [0.29, 0.717) is 6.54 Å². The number of hydrogen-bond acceptors (Lipinski definition) is 4. The van der Waals surface area contributed by atoms with Crippen LogP contribution in [0.3, 0.4) is 0 Å². The van der Waals surface area contributed by atoms with Crippen molar-refractivity contribution in [3.63, 3.8) is 0 Å². The predicted molar refractivity (Wildman–Crippen MR) is 77.2 cm³/mol. The van der Waals surface area contributed by atoms with Crippen molar-refractivity contribution in [1.29, 1.82) is 0 Å². The summed E-state index contributed by atoms with van der Waals surface area (Å²) in [5.74, 6) is 0.862. The van der Waals surface area contributed by atoms with E-state index in [-0.39, 0.29) is 0 Å². The number of hydrogen-bond donors (Lipinski definition) is 1. The Labute approximate surface area is 113 Å². The number of nitrogens with zero attached hydrogens (tertiary/aromatic N) is 2. The maximum atomic E-state index is 5.71. The summed E-state index contributed by atoms with van der Waals surface area (Å²) in [6.45, 7) is 1.25. The van der Waals surface area contributed by atoms with Crippen LogP contribution in [-0.2, 0) is 13.1 Å². The SMILES string of the molecule is COc1ccc(N(C)Cc2cccnc2CN)cc1. The Kier molecular flexibility index (Phi) is 4.36. The maximum absolute atomic E-state index is 5.71. The Bertz CT molecular complexity index is 525. The number of aromatic nitrogens is 1. The highest BCUT2D eigenvalue weighted by molar-refractivity contribution is 5.49. The van der Waals surface area contributed by atoms with Crippen LogP contribution in [0.25, 0.3) is 0 Å². The molecule has 0 bridgehead atoms. The largest absolute Gasteiger partial charge is 0.497 e. The molecule has 1 aromatic carbocycles. The van der Waals surface area contributed by atoms with E-state index in [4.69, 9.17) is 10.5 Å². The minimum Gasteiger partial charge on any atom is -0.497 e. The molecule has 19 heavy (non-hydrogen) atoms. The van der Waals surface area contributed by atoms with Crippen molar-refractivity contribution < 1.29 is 4.74 Å². The molecular formula is C15H19N3O. The zero-order valence-electron chi connectivity index (χ0n) is 11.3. The maximum Gasteiger partial charge on any atom is 0.119 e. The zero-order valence-corrected chi connectivity index (χ0v) is 11.3. The quantitative estimate of drug-likeness (QED) is 0.892. The van der Waals surface area contributed by atoms with Crippen LogP contribution in [0.4, 0.5) is 5.69 Å². The molecule has 100 valence electrons. The summed E-state index contributed by atoms with van der Waals surface area (Å²) < 4.78 is 5.16. The fraction of sp³-hybridized carbons (Fsp3) is 0.267. The molecule has 2 N–H and O–H groups in total. The molecule has 0 aliphatic carbocycles. The van der Waals surface area contributed by atoms with Gasteiger partial charge in [-0.2, -0.15) is 0 Å². The van der Waals surface area contributed by atoms with Crippen LogP contribution in [0.15, 0.2) is 42.6 Å². The third kappa shape index (κ3) is 3.23. The third-order valence-electron chi connectivity index (χ3n) is 3.10. The molecule has 0 radical (unpaired) electrons. The number of anilines is 1. The lowest BCUT2D eigenvalue weighted by Crippen LogP contribution is -2.18. The molecule has 0 saturated heterocycles. The second kappa shape index (κ2) is 6.20. The molecular weight excluding hydrogens is 238 g/mol. The highest BCUT2D eigenvalue weighted by Crippen LogP contribution is 2.20. The summed E-state index contributed by atoms with van der Waals surface area (Å²) in [6.07, 6.45) is 1.78. The third-order valence-corrected chi connectivity index (χ3v) is 3.10. The van der Waals surface area contributed by atoms with E-state index in [2.05, 4.69) is 23.0 Å². The van der Waals surface area contributed by atoms with Gasteiger partial charge in [0.15, 0.2) is 0 Å². The summed E-state index contributed by atoms with van der Waals surface area (Å²) in [6, 6.07) is 12.0. The van der Waals surface area contributed by atoms with Crippen LogP contribution in [0, 0.1) is 0 Å². The van der Waals surface area contributed by atoms with Gasteiger partial charge in [0.25, 0.3) is 0 Å². The summed E-state index contributed by atoms with van der Waals surface area (Å²) >= 11 is 0. The summed E-state index contributed by atoms with van der Waals surface area (Å²) in [4.78, 5) is 6.46. The van der Waals surface area contributed by atoms with Crippen molar-refractivity contribution in [3.8, 4) is 5.75 Å². The number of nitrogens with two attached hydrogens (primary N) is 1. The summed E-state index contributed by atoms with van der Waals surface area (Å²) in [7, 11) is 3.72. The summed E-state index contributed by atoms with van der Waals surface area (Å²) in [5, 5.41) is 0. The topological polar surface area (TPSA) is 51.4 Å². The lowest BCUT2D eigenvalue weighted by molar-refractivity contribution is 0.415. The number of ether oxygens (including phenoxy) is 1. The molecule has 0 atom stereocenters. The first-order valence-electron chi connectivity index (χ1n) is 6.22. The highest BCUT2D eigenvalue weighted by atomic mass is 16.5. The molecule has 0 saturated carbocycles. The van der Waals surface area contributed by atoms with Crippen molar-refractivity contribution in [2.24, 2.45) is 5.73 Å². The van der Waals surface area contributed by atoms with Crippen LogP contribution in [0.2, 0.25) is 0 Å². The number of benzene rings is 1. The molecule has 4 nitrogen and oxygen atoms in total. The number of methoxy groups -OCH3 is 1. The number of rotatable bonds is 5. The van der Waals surface area contributed by atoms with Gasteiger partial charge in [0, 0.05) is 32.0 Å². The smallest absolute Gasteiger partial charge is 0.119 e. The lowest BCUT2D eigenvalue weighted by atomic mass is 10.1. The minimum atomic E-state index is 0.465. The second-order valence-corrected chi connectivity index (χ2v) is 4.37. The van der Waals surface area contributed by atoms with Crippen LogP contribution in [0.5, 0.6) is 5.75 Å². The van der Waals surface area contributed by atoms with Crippen molar-refractivity contribution >= 4 is 5.69 Å². The molecule has 1 aromatic heterocycles. The van der Waals surface area contributed by atoms with Crippen LogP contribution in [0.1, 0.15) is 11.3 Å². The van der Waals surface area contributed by atoms with E-state index in [9.17, 15) is 0 Å². The van der Waals surface area contributed by atoms with Crippen LogP contribution < -0.4 is 15.4 Å². The molecule has 1 heterocycles. The fourth-order valence-electron chi connectivity index (χ4n) is 1.98. The van der Waals surface area contributed by atoms with Gasteiger partial charge in [-0.15, -0.1) is 0 Å². The summed E-state index contributed by atoms with van der Waals surface area (Å²) in [5.41, 5.74) is 8.94. The van der Waals surface area contributed by atoms with Gasteiger partial charge >= 0.3 is 0 Å². The van der Waals surface area contributed by atoms with Crippen molar-refractivity contribution in [3.05, 3.63) is 53.9 Å². The van der Waals surface area contributed by atoms with Gasteiger partial charge < -0.3 is 15.4 Å². The van der Waals surface area contributed by atoms with Gasteiger partial charge in [0.05, 0.1) is 12.8 Å².